The normalized spacial score (nSPS) is 10.8. The molecule has 0 heterocycles. The molecule has 1 N–H and O–H groups in total. The van der Waals surface area contributed by atoms with Crippen molar-refractivity contribution in [3.05, 3.63) is 70.5 Å². The van der Waals surface area contributed by atoms with Crippen molar-refractivity contribution < 1.29 is 9.18 Å². The molecule has 3 nitrogen and oxygen atoms in total. The van der Waals surface area contributed by atoms with Gasteiger partial charge in [0.05, 0.1) is 12.0 Å². The van der Waals surface area contributed by atoms with Gasteiger partial charge in [-0.3, -0.25) is 4.79 Å². The Hall–Kier alpha value is -1.85. The van der Waals surface area contributed by atoms with Gasteiger partial charge in [-0.15, -0.1) is 11.8 Å². The number of halogens is 2. The average Bonchev–Trinajstić information content (AvgIpc) is 2.51. The van der Waals surface area contributed by atoms with E-state index in [2.05, 4.69) is 10.5 Å². The number of carbonyl (C=O) groups excluding carboxylic acids is 1. The van der Waals surface area contributed by atoms with Crippen molar-refractivity contribution in [2.24, 2.45) is 5.10 Å². The number of nitrogens with zero attached hydrogens (tertiary/aromatic N) is 1. The predicted molar refractivity (Wildman–Crippen MR) is 89.8 cm³/mol. The first-order valence-corrected chi connectivity index (χ1v) is 8.06. The lowest BCUT2D eigenvalue weighted by Crippen LogP contribution is -2.19. The van der Waals surface area contributed by atoms with Gasteiger partial charge < -0.3 is 0 Å². The van der Waals surface area contributed by atoms with E-state index in [1.54, 1.807) is 12.1 Å². The molecule has 0 unspecified atom stereocenters. The Bertz CT molecular complexity index is 644. The molecular weight excluding hydrogens is 323 g/mol. The van der Waals surface area contributed by atoms with Crippen molar-refractivity contribution in [3.63, 3.8) is 0 Å². The molecule has 0 aromatic heterocycles. The molecule has 0 atom stereocenters. The summed E-state index contributed by atoms with van der Waals surface area (Å²) in [5, 5.41) is 4.53. The fraction of sp³-hybridized carbons (Fsp3) is 0.125. The molecule has 0 radical (unpaired) electrons. The van der Waals surface area contributed by atoms with Gasteiger partial charge in [-0.2, -0.15) is 5.10 Å². The van der Waals surface area contributed by atoms with Crippen molar-refractivity contribution in [2.75, 3.05) is 5.75 Å². The molecule has 0 aliphatic rings. The van der Waals surface area contributed by atoms with Crippen LogP contribution in [0, 0.1) is 5.82 Å². The summed E-state index contributed by atoms with van der Waals surface area (Å²) >= 11 is 7.29. The van der Waals surface area contributed by atoms with Crippen molar-refractivity contribution in [1.82, 2.24) is 5.43 Å². The molecule has 22 heavy (non-hydrogen) atoms. The summed E-state index contributed by atoms with van der Waals surface area (Å²) in [7, 11) is 0. The zero-order valence-electron chi connectivity index (χ0n) is 11.6. The van der Waals surface area contributed by atoms with Crippen LogP contribution in [-0.2, 0) is 10.5 Å². The number of hydrogen-bond acceptors (Lipinski definition) is 3. The Balaban J connectivity index is 1.69. The van der Waals surface area contributed by atoms with Gasteiger partial charge in [0.25, 0.3) is 0 Å². The Kier molecular flexibility index (Phi) is 6.43. The molecule has 2 rings (SSSR count). The van der Waals surface area contributed by atoms with Crippen LogP contribution in [0.1, 0.15) is 11.1 Å². The number of hydrazone groups is 1. The van der Waals surface area contributed by atoms with E-state index >= 15 is 0 Å². The van der Waals surface area contributed by atoms with E-state index in [0.717, 1.165) is 16.9 Å². The second kappa shape index (κ2) is 8.56. The molecule has 0 spiro atoms. The van der Waals surface area contributed by atoms with Gasteiger partial charge >= 0.3 is 0 Å². The largest absolute Gasteiger partial charge is 0.272 e. The number of thioether (sulfide) groups is 1. The monoisotopic (exact) mass is 336 g/mol. The maximum absolute atomic E-state index is 12.7. The van der Waals surface area contributed by atoms with Crippen LogP contribution in [0.2, 0.25) is 5.02 Å². The van der Waals surface area contributed by atoms with Crippen molar-refractivity contribution in [3.8, 4) is 0 Å². The van der Waals surface area contributed by atoms with E-state index in [-0.39, 0.29) is 11.7 Å². The number of rotatable bonds is 6. The van der Waals surface area contributed by atoms with E-state index in [0.29, 0.717) is 10.8 Å². The lowest BCUT2D eigenvalue weighted by Gasteiger charge is -2.01. The number of benzene rings is 2. The molecule has 0 aliphatic heterocycles. The minimum absolute atomic E-state index is 0.183. The summed E-state index contributed by atoms with van der Waals surface area (Å²) < 4.78 is 12.7. The van der Waals surface area contributed by atoms with E-state index in [9.17, 15) is 9.18 Å². The summed E-state index contributed by atoms with van der Waals surface area (Å²) in [4.78, 5) is 11.6. The lowest BCUT2D eigenvalue weighted by molar-refractivity contribution is -0.118. The maximum atomic E-state index is 12.7. The topological polar surface area (TPSA) is 41.5 Å². The Labute approximate surface area is 137 Å². The first kappa shape index (κ1) is 16.5. The summed E-state index contributed by atoms with van der Waals surface area (Å²) in [5.41, 5.74) is 4.26. The summed E-state index contributed by atoms with van der Waals surface area (Å²) in [6.07, 6.45) is 1.47. The van der Waals surface area contributed by atoms with E-state index in [1.807, 2.05) is 24.3 Å². The second-order valence-electron chi connectivity index (χ2n) is 4.46. The average molecular weight is 337 g/mol. The van der Waals surface area contributed by atoms with Crippen LogP contribution in [0.3, 0.4) is 0 Å². The van der Waals surface area contributed by atoms with Crippen LogP contribution < -0.4 is 5.43 Å². The first-order chi connectivity index (χ1) is 10.6. The van der Waals surface area contributed by atoms with Gasteiger partial charge in [0.2, 0.25) is 5.91 Å². The highest BCUT2D eigenvalue weighted by atomic mass is 35.5. The van der Waals surface area contributed by atoms with E-state index in [1.165, 1.54) is 30.1 Å². The molecule has 0 aliphatic carbocycles. The molecular formula is C16H14ClFN2OS. The molecule has 6 heteroatoms. The fourth-order valence-electron chi connectivity index (χ4n) is 1.60. The third kappa shape index (κ3) is 5.87. The summed E-state index contributed by atoms with van der Waals surface area (Å²) in [5.74, 6) is 0.549. The third-order valence-electron chi connectivity index (χ3n) is 2.69. The Morgan fingerprint density at radius 3 is 2.55 bits per heavy atom. The predicted octanol–water partition coefficient (Wildman–Crippen LogP) is 3.86. The van der Waals surface area contributed by atoms with Crippen LogP contribution in [0.4, 0.5) is 4.39 Å². The molecule has 0 bridgehead atoms. The number of hydrogen-bond donors (Lipinski definition) is 1. The molecule has 1 amide bonds. The molecule has 114 valence electrons. The zero-order chi connectivity index (χ0) is 15.8. The molecule has 0 fully saturated rings. The number of carbonyl (C=O) groups is 1. The summed E-state index contributed by atoms with van der Waals surface area (Å²) in [6.45, 7) is 0. The van der Waals surface area contributed by atoms with Gasteiger partial charge in [-0.25, -0.2) is 9.82 Å². The van der Waals surface area contributed by atoms with Crippen molar-refractivity contribution >= 4 is 35.5 Å². The molecule has 0 saturated heterocycles. The number of amides is 1. The quantitative estimate of drug-likeness (QED) is 0.643. The Morgan fingerprint density at radius 2 is 1.86 bits per heavy atom. The van der Waals surface area contributed by atoms with Crippen molar-refractivity contribution in [1.29, 1.82) is 0 Å². The SMILES string of the molecule is O=C(CSCc1ccc(Cl)cc1)NN=Cc1ccc(F)cc1. The van der Waals surface area contributed by atoms with Gasteiger partial charge in [0, 0.05) is 10.8 Å². The van der Waals surface area contributed by atoms with Gasteiger partial charge in [0.15, 0.2) is 0 Å². The minimum atomic E-state index is -0.306. The smallest absolute Gasteiger partial charge is 0.250 e. The first-order valence-electron chi connectivity index (χ1n) is 6.53. The zero-order valence-corrected chi connectivity index (χ0v) is 13.2. The van der Waals surface area contributed by atoms with Gasteiger partial charge in [-0.1, -0.05) is 35.9 Å². The second-order valence-corrected chi connectivity index (χ2v) is 5.89. The van der Waals surface area contributed by atoms with Crippen LogP contribution >= 0.6 is 23.4 Å². The minimum Gasteiger partial charge on any atom is -0.272 e. The molecule has 0 saturated carbocycles. The lowest BCUT2D eigenvalue weighted by atomic mass is 10.2. The van der Waals surface area contributed by atoms with Crippen LogP contribution in [0.15, 0.2) is 53.6 Å². The highest BCUT2D eigenvalue weighted by Gasteiger charge is 2.00. The Morgan fingerprint density at radius 1 is 1.18 bits per heavy atom. The van der Waals surface area contributed by atoms with Gasteiger partial charge in [0.1, 0.15) is 5.82 Å². The van der Waals surface area contributed by atoms with Crippen molar-refractivity contribution in [2.45, 2.75) is 5.75 Å². The third-order valence-corrected chi connectivity index (χ3v) is 3.94. The number of nitrogens with one attached hydrogen (secondary N) is 1. The molecule has 2 aromatic rings. The van der Waals surface area contributed by atoms with E-state index < -0.39 is 0 Å². The molecule has 2 aromatic carbocycles. The standard InChI is InChI=1S/C16H14ClFN2OS/c17-14-5-1-13(2-6-14)10-22-11-16(21)20-19-9-12-3-7-15(18)8-4-12/h1-9H,10-11H2,(H,20,21). The maximum Gasteiger partial charge on any atom is 0.250 e. The van der Waals surface area contributed by atoms with Gasteiger partial charge in [-0.05, 0) is 35.4 Å². The van der Waals surface area contributed by atoms with Crippen LogP contribution in [-0.4, -0.2) is 17.9 Å². The highest BCUT2D eigenvalue weighted by molar-refractivity contribution is 7.99. The van der Waals surface area contributed by atoms with Crippen LogP contribution in [0.5, 0.6) is 0 Å². The highest BCUT2D eigenvalue weighted by Crippen LogP contribution is 2.15. The summed E-state index contributed by atoms with van der Waals surface area (Å²) in [6, 6.07) is 13.4. The van der Waals surface area contributed by atoms with E-state index in [4.69, 9.17) is 11.6 Å². The fourth-order valence-corrected chi connectivity index (χ4v) is 2.51. The van der Waals surface area contributed by atoms with Crippen LogP contribution in [0.25, 0.3) is 0 Å².